The smallest absolute Gasteiger partial charge is 0.245 e. The second kappa shape index (κ2) is 8.46. The van der Waals surface area contributed by atoms with E-state index in [9.17, 15) is 9.59 Å². The summed E-state index contributed by atoms with van der Waals surface area (Å²) in [4.78, 5) is 29.3. The Kier molecular flexibility index (Phi) is 5.60. The Morgan fingerprint density at radius 3 is 2.46 bits per heavy atom. The molecule has 0 aromatic heterocycles. The Bertz CT molecular complexity index is 809. The van der Waals surface area contributed by atoms with Crippen LogP contribution in [-0.2, 0) is 16.1 Å². The zero-order chi connectivity index (χ0) is 19.3. The number of para-hydroxylation sites is 1. The first-order chi connectivity index (χ1) is 13.7. The summed E-state index contributed by atoms with van der Waals surface area (Å²) in [5.41, 5.74) is 1.06. The van der Waals surface area contributed by atoms with Gasteiger partial charge in [-0.3, -0.25) is 9.59 Å². The van der Waals surface area contributed by atoms with Gasteiger partial charge in [0.15, 0.2) is 0 Å². The van der Waals surface area contributed by atoms with E-state index < -0.39 is 0 Å². The minimum atomic E-state index is -0.358. The number of carbonyl (C=O) groups excluding carboxylic acids is 2. The number of piperidine rings is 1. The molecule has 2 fully saturated rings. The quantitative estimate of drug-likeness (QED) is 0.803. The predicted molar refractivity (Wildman–Crippen MR) is 107 cm³/mol. The molecule has 2 atom stereocenters. The van der Waals surface area contributed by atoms with E-state index in [1.54, 1.807) is 4.90 Å². The van der Waals surface area contributed by atoms with E-state index in [4.69, 9.17) is 4.74 Å². The van der Waals surface area contributed by atoms with Crippen molar-refractivity contribution in [3.05, 3.63) is 66.2 Å². The third-order valence-electron chi connectivity index (χ3n) is 5.54. The molecule has 5 heteroatoms. The zero-order valence-corrected chi connectivity index (χ0v) is 16.0. The van der Waals surface area contributed by atoms with E-state index in [2.05, 4.69) is 0 Å². The van der Waals surface area contributed by atoms with Gasteiger partial charge in [0.2, 0.25) is 11.8 Å². The van der Waals surface area contributed by atoms with E-state index in [1.165, 1.54) is 0 Å². The van der Waals surface area contributed by atoms with Crippen LogP contribution in [-0.4, -0.2) is 46.8 Å². The SMILES string of the molecule is O=C(C1CCC(=O)N1Cc1ccccc1)N1CCCC(Oc2ccccc2)C1. The van der Waals surface area contributed by atoms with Crippen molar-refractivity contribution in [2.75, 3.05) is 13.1 Å². The summed E-state index contributed by atoms with van der Waals surface area (Å²) in [6.07, 6.45) is 2.91. The van der Waals surface area contributed by atoms with Crippen LogP contribution in [0.2, 0.25) is 0 Å². The Morgan fingerprint density at radius 2 is 1.71 bits per heavy atom. The van der Waals surface area contributed by atoms with Gasteiger partial charge >= 0.3 is 0 Å². The van der Waals surface area contributed by atoms with Crippen LogP contribution in [0.4, 0.5) is 0 Å². The maximum Gasteiger partial charge on any atom is 0.245 e. The normalized spacial score (nSPS) is 22.4. The van der Waals surface area contributed by atoms with Crippen molar-refractivity contribution in [3.8, 4) is 5.75 Å². The van der Waals surface area contributed by atoms with Crippen LogP contribution in [0.3, 0.4) is 0 Å². The van der Waals surface area contributed by atoms with Crippen LogP contribution >= 0.6 is 0 Å². The molecule has 2 saturated heterocycles. The molecule has 0 aliphatic carbocycles. The molecule has 5 nitrogen and oxygen atoms in total. The van der Waals surface area contributed by atoms with Gasteiger partial charge in [-0.2, -0.15) is 0 Å². The monoisotopic (exact) mass is 378 g/mol. The molecule has 0 spiro atoms. The zero-order valence-electron chi connectivity index (χ0n) is 16.0. The maximum absolute atomic E-state index is 13.2. The van der Waals surface area contributed by atoms with Gasteiger partial charge in [-0.1, -0.05) is 48.5 Å². The predicted octanol–water partition coefficient (Wildman–Crippen LogP) is 3.25. The molecule has 2 aliphatic heterocycles. The molecular formula is C23H26N2O3. The number of ether oxygens (including phenoxy) is 1. The van der Waals surface area contributed by atoms with Crippen molar-refractivity contribution in [1.29, 1.82) is 0 Å². The van der Waals surface area contributed by atoms with Crippen molar-refractivity contribution in [1.82, 2.24) is 9.80 Å². The van der Waals surface area contributed by atoms with Gasteiger partial charge in [-0.15, -0.1) is 0 Å². The van der Waals surface area contributed by atoms with Crippen molar-refractivity contribution < 1.29 is 14.3 Å². The first-order valence-electron chi connectivity index (χ1n) is 10.0. The van der Waals surface area contributed by atoms with Crippen molar-refractivity contribution >= 4 is 11.8 Å². The highest BCUT2D eigenvalue weighted by molar-refractivity contribution is 5.91. The van der Waals surface area contributed by atoms with Gasteiger partial charge in [-0.25, -0.2) is 0 Å². The first-order valence-corrected chi connectivity index (χ1v) is 10.0. The Labute approximate surface area is 165 Å². The molecule has 2 aliphatic rings. The van der Waals surface area contributed by atoms with Gasteiger partial charge in [-0.05, 0) is 37.0 Å². The van der Waals surface area contributed by atoms with Gasteiger partial charge in [0.1, 0.15) is 17.9 Å². The van der Waals surface area contributed by atoms with Gasteiger partial charge in [0.25, 0.3) is 0 Å². The molecule has 0 N–H and O–H groups in total. The molecule has 2 aromatic carbocycles. The minimum absolute atomic E-state index is 0.000206. The summed E-state index contributed by atoms with van der Waals surface area (Å²) in [6.45, 7) is 1.81. The van der Waals surface area contributed by atoms with Gasteiger partial charge in [0, 0.05) is 19.5 Å². The molecule has 0 saturated carbocycles. The topological polar surface area (TPSA) is 49.9 Å². The Morgan fingerprint density at radius 1 is 1.00 bits per heavy atom. The summed E-state index contributed by atoms with van der Waals surface area (Å²) in [5, 5.41) is 0. The van der Waals surface area contributed by atoms with Crippen LogP contribution in [0.25, 0.3) is 0 Å². The maximum atomic E-state index is 13.2. The van der Waals surface area contributed by atoms with E-state index in [1.807, 2.05) is 65.6 Å². The third-order valence-corrected chi connectivity index (χ3v) is 5.54. The number of benzene rings is 2. The molecule has 2 unspecified atom stereocenters. The van der Waals surface area contributed by atoms with E-state index in [-0.39, 0.29) is 24.0 Å². The lowest BCUT2D eigenvalue weighted by atomic mass is 10.1. The number of hydrogen-bond acceptors (Lipinski definition) is 3. The molecular weight excluding hydrogens is 352 g/mol. The highest BCUT2D eigenvalue weighted by Gasteiger charge is 2.39. The number of carbonyl (C=O) groups is 2. The average molecular weight is 378 g/mol. The summed E-state index contributed by atoms with van der Waals surface area (Å²) in [6, 6.07) is 19.3. The fourth-order valence-corrected chi connectivity index (χ4v) is 4.11. The summed E-state index contributed by atoms with van der Waals surface area (Å²) in [7, 11) is 0. The van der Waals surface area contributed by atoms with E-state index >= 15 is 0 Å². The molecule has 2 amide bonds. The summed E-state index contributed by atoms with van der Waals surface area (Å²) < 4.78 is 6.07. The van der Waals surface area contributed by atoms with Crippen molar-refractivity contribution in [2.45, 2.75) is 44.4 Å². The fraction of sp³-hybridized carbons (Fsp3) is 0.391. The van der Waals surface area contributed by atoms with Crippen LogP contribution in [0.15, 0.2) is 60.7 Å². The lowest BCUT2D eigenvalue weighted by molar-refractivity contribution is -0.143. The van der Waals surface area contributed by atoms with Crippen LogP contribution < -0.4 is 4.74 Å². The lowest BCUT2D eigenvalue weighted by Crippen LogP contribution is -2.51. The largest absolute Gasteiger partial charge is 0.489 e. The molecule has 0 radical (unpaired) electrons. The average Bonchev–Trinajstić information content (AvgIpc) is 3.09. The molecule has 2 aromatic rings. The van der Waals surface area contributed by atoms with Crippen LogP contribution in [0.5, 0.6) is 5.75 Å². The number of hydrogen-bond donors (Lipinski definition) is 0. The molecule has 2 heterocycles. The first kappa shape index (κ1) is 18.5. The fourth-order valence-electron chi connectivity index (χ4n) is 4.11. The number of likely N-dealkylation sites (tertiary alicyclic amines) is 2. The molecule has 0 bridgehead atoms. The summed E-state index contributed by atoms with van der Waals surface area (Å²) in [5.74, 6) is 0.961. The number of nitrogens with zero attached hydrogens (tertiary/aromatic N) is 2. The standard InChI is InChI=1S/C23H26N2O3/c26-22-14-13-21(25(22)16-18-8-3-1-4-9-18)23(27)24-15-7-12-20(17-24)28-19-10-5-2-6-11-19/h1-6,8-11,20-21H,7,12-17H2. The number of rotatable bonds is 5. The second-order valence-corrected chi connectivity index (χ2v) is 7.54. The van der Waals surface area contributed by atoms with Crippen LogP contribution in [0, 0.1) is 0 Å². The second-order valence-electron chi connectivity index (χ2n) is 7.54. The number of amides is 2. The van der Waals surface area contributed by atoms with Crippen LogP contribution in [0.1, 0.15) is 31.2 Å². The molecule has 146 valence electrons. The molecule has 28 heavy (non-hydrogen) atoms. The minimum Gasteiger partial charge on any atom is -0.489 e. The summed E-state index contributed by atoms with van der Waals surface area (Å²) >= 11 is 0. The highest BCUT2D eigenvalue weighted by Crippen LogP contribution is 2.25. The molecule has 4 rings (SSSR count). The van der Waals surface area contributed by atoms with E-state index in [0.717, 1.165) is 30.7 Å². The third kappa shape index (κ3) is 4.19. The Hall–Kier alpha value is -2.82. The van der Waals surface area contributed by atoms with Gasteiger partial charge in [0.05, 0.1) is 6.54 Å². The lowest BCUT2D eigenvalue weighted by Gasteiger charge is -2.36. The highest BCUT2D eigenvalue weighted by atomic mass is 16.5. The Balaban J connectivity index is 1.41. The van der Waals surface area contributed by atoms with Crippen molar-refractivity contribution in [3.63, 3.8) is 0 Å². The van der Waals surface area contributed by atoms with Gasteiger partial charge < -0.3 is 14.5 Å². The van der Waals surface area contributed by atoms with E-state index in [0.29, 0.717) is 25.9 Å². The van der Waals surface area contributed by atoms with Crippen molar-refractivity contribution in [2.24, 2.45) is 0 Å².